The Labute approximate surface area is 193 Å². The van der Waals surface area contributed by atoms with Gasteiger partial charge in [0.25, 0.3) is 0 Å². The highest BCUT2D eigenvalue weighted by Gasteiger charge is 2.25. The Morgan fingerprint density at radius 1 is 0.758 bits per heavy atom. The highest BCUT2D eigenvalue weighted by atomic mass is 19.1. The first-order valence-electron chi connectivity index (χ1n) is 11.7. The van der Waals surface area contributed by atoms with Gasteiger partial charge in [0.15, 0.2) is 0 Å². The monoisotopic (exact) mass is 438 g/mol. The molecule has 0 amide bonds. The van der Waals surface area contributed by atoms with Crippen LogP contribution >= 0.6 is 0 Å². The van der Waals surface area contributed by atoms with Crippen LogP contribution in [0.1, 0.15) is 16.7 Å². The van der Waals surface area contributed by atoms with Crippen LogP contribution < -0.4 is 9.80 Å². The summed E-state index contributed by atoms with van der Waals surface area (Å²) >= 11 is 0. The van der Waals surface area contributed by atoms with Crippen molar-refractivity contribution < 1.29 is 4.39 Å². The summed E-state index contributed by atoms with van der Waals surface area (Å²) in [5.74, 6) is 0.911. The van der Waals surface area contributed by atoms with Gasteiger partial charge in [0.1, 0.15) is 11.6 Å². The number of aromatic nitrogens is 1. The number of hydrogen-bond acceptors (Lipinski definition) is 4. The number of hydrogen-bond donors (Lipinski definition) is 0. The first-order valence-corrected chi connectivity index (χ1v) is 11.7. The second-order valence-electron chi connectivity index (χ2n) is 8.98. The number of rotatable bonds is 4. The van der Waals surface area contributed by atoms with Gasteiger partial charge in [-0.1, -0.05) is 48.5 Å². The number of fused-ring (bicyclic) bond motifs is 3. The smallest absolute Gasteiger partial charge is 0.146 e. The molecular formula is C28H27FN4. The van der Waals surface area contributed by atoms with E-state index in [0.717, 1.165) is 51.6 Å². The Hall–Kier alpha value is -3.44. The van der Waals surface area contributed by atoms with Gasteiger partial charge in [0.05, 0.1) is 5.69 Å². The third kappa shape index (κ3) is 3.83. The van der Waals surface area contributed by atoms with Gasteiger partial charge >= 0.3 is 0 Å². The molecule has 4 nitrogen and oxygen atoms in total. The van der Waals surface area contributed by atoms with Gasteiger partial charge in [0, 0.05) is 52.0 Å². The minimum atomic E-state index is -0.152. The van der Waals surface area contributed by atoms with Crippen molar-refractivity contribution in [3.8, 4) is 0 Å². The summed E-state index contributed by atoms with van der Waals surface area (Å²) in [5, 5.41) is 2.62. The first-order chi connectivity index (χ1) is 16.3. The summed E-state index contributed by atoms with van der Waals surface area (Å²) in [5.41, 5.74) is 4.70. The maximum Gasteiger partial charge on any atom is 0.146 e. The number of halogens is 1. The van der Waals surface area contributed by atoms with Crippen LogP contribution in [0.2, 0.25) is 0 Å². The van der Waals surface area contributed by atoms with Crippen LogP contribution in [0.25, 0.3) is 10.8 Å². The molecule has 3 aromatic carbocycles. The molecule has 5 heteroatoms. The minimum Gasteiger partial charge on any atom is -0.360 e. The summed E-state index contributed by atoms with van der Waals surface area (Å²) in [6, 6.07) is 24.3. The Morgan fingerprint density at radius 2 is 1.52 bits per heavy atom. The van der Waals surface area contributed by atoms with E-state index >= 15 is 0 Å². The lowest BCUT2D eigenvalue weighted by Gasteiger charge is -2.35. The Balaban J connectivity index is 1.25. The zero-order valence-corrected chi connectivity index (χ0v) is 18.6. The third-order valence-corrected chi connectivity index (χ3v) is 6.98. The van der Waals surface area contributed by atoms with E-state index < -0.39 is 0 Å². The topological polar surface area (TPSA) is 22.6 Å². The molecule has 4 aromatic rings. The number of nitrogens with zero attached hydrogens (tertiary/aromatic N) is 4. The normalized spacial score (nSPS) is 16.4. The molecule has 0 unspecified atom stereocenters. The van der Waals surface area contributed by atoms with Gasteiger partial charge in [-0.3, -0.25) is 4.90 Å². The molecule has 0 bridgehead atoms. The van der Waals surface area contributed by atoms with Gasteiger partial charge in [-0.2, -0.15) is 0 Å². The van der Waals surface area contributed by atoms with Crippen LogP contribution in [-0.4, -0.2) is 36.1 Å². The molecule has 3 heterocycles. The maximum atomic E-state index is 14.5. The van der Waals surface area contributed by atoms with Gasteiger partial charge < -0.3 is 9.80 Å². The van der Waals surface area contributed by atoms with Crippen molar-refractivity contribution >= 4 is 22.3 Å². The standard InChI is InChI=1S/C28H27FN4/c29-26-9-3-4-10-27(26)33-19-22-17-21(23-7-1-2-8-24(23)25(22)20-33)18-31-13-15-32(16-14-31)28-11-5-6-12-30-28/h1-12,17H,13-16,18-20H2. The van der Waals surface area contributed by atoms with Crippen LogP contribution in [0, 0.1) is 5.82 Å². The van der Waals surface area contributed by atoms with Crippen molar-refractivity contribution in [1.29, 1.82) is 0 Å². The SMILES string of the molecule is Fc1ccccc1N1Cc2cc(CN3CCN(c4ccccn4)CC3)c3ccccc3c2C1. The molecular weight excluding hydrogens is 411 g/mol. The van der Waals surface area contributed by atoms with Gasteiger partial charge in [-0.25, -0.2) is 9.37 Å². The largest absolute Gasteiger partial charge is 0.360 e. The lowest BCUT2D eigenvalue weighted by molar-refractivity contribution is 0.250. The summed E-state index contributed by atoms with van der Waals surface area (Å²) in [6.07, 6.45) is 1.86. The van der Waals surface area contributed by atoms with Crippen LogP contribution in [0.5, 0.6) is 0 Å². The van der Waals surface area contributed by atoms with Crippen LogP contribution in [0.4, 0.5) is 15.9 Å². The fourth-order valence-electron chi connectivity index (χ4n) is 5.28. The third-order valence-electron chi connectivity index (χ3n) is 6.98. The van der Waals surface area contributed by atoms with Crippen molar-refractivity contribution in [3.05, 3.63) is 102 Å². The molecule has 1 aromatic heterocycles. The summed E-state index contributed by atoms with van der Waals surface area (Å²) in [7, 11) is 0. The number of piperazine rings is 1. The minimum absolute atomic E-state index is 0.152. The molecule has 0 spiro atoms. The quantitative estimate of drug-likeness (QED) is 0.436. The molecule has 0 atom stereocenters. The fourth-order valence-corrected chi connectivity index (χ4v) is 5.28. The molecule has 0 radical (unpaired) electrons. The Bertz CT molecular complexity index is 1280. The van der Waals surface area contributed by atoms with Crippen LogP contribution in [0.3, 0.4) is 0 Å². The molecule has 2 aliphatic heterocycles. The van der Waals surface area contributed by atoms with E-state index in [0.29, 0.717) is 5.69 Å². The Kier molecular flexibility index (Phi) is 5.19. The zero-order valence-electron chi connectivity index (χ0n) is 18.6. The summed E-state index contributed by atoms with van der Waals surface area (Å²) in [4.78, 5) is 11.6. The van der Waals surface area contributed by atoms with Crippen LogP contribution in [-0.2, 0) is 19.6 Å². The summed E-state index contributed by atoms with van der Waals surface area (Å²) in [6.45, 7) is 6.44. The van der Waals surface area contributed by atoms with E-state index in [9.17, 15) is 4.39 Å². The van der Waals surface area contributed by atoms with Crippen molar-refractivity contribution in [1.82, 2.24) is 9.88 Å². The Morgan fingerprint density at radius 3 is 2.30 bits per heavy atom. The van der Waals surface area contributed by atoms with E-state index in [-0.39, 0.29) is 5.82 Å². The average molecular weight is 439 g/mol. The number of pyridine rings is 1. The van der Waals surface area contributed by atoms with Crippen molar-refractivity contribution in [2.75, 3.05) is 36.0 Å². The van der Waals surface area contributed by atoms with Gasteiger partial charge in [-0.05, 0) is 51.7 Å². The lowest BCUT2D eigenvalue weighted by Crippen LogP contribution is -2.46. The number of benzene rings is 3. The molecule has 1 saturated heterocycles. The van der Waals surface area contributed by atoms with Crippen molar-refractivity contribution in [2.45, 2.75) is 19.6 Å². The highest BCUT2D eigenvalue weighted by Crippen LogP contribution is 2.36. The molecule has 0 aliphatic carbocycles. The number of anilines is 2. The molecule has 2 aliphatic rings. The zero-order chi connectivity index (χ0) is 22.2. The first kappa shape index (κ1) is 20.2. The highest BCUT2D eigenvalue weighted by molar-refractivity contribution is 5.91. The van der Waals surface area contributed by atoms with Crippen LogP contribution in [0.15, 0.2) is 79.0 Å². The van der Waals surface area contributed by atoms with E-state index in [2.05, 4.69) is 62.1 Å². The predicted molar refractivity (Wildman–Crippen MR) is 132 cm³/mol. The van der Waals surface area contributed by atoms with Crippen molar-refractivity contribution in [3.63, 3.8) is 0 Å². The molecule has 6 rings (SSSR count). The second kappa shape index (κ2) is 8.49. The van der Waals surface area contributed by atoms with E-state index in [1.807, 2.05) is 24.4 Å². The molecule has 166 valence electrons. The molecule has 33 heavy (non-hydrogen) atoms. The average Bonchev–Trinajstić information content (AvgIpc) is 3.29. The second-order valence-corrected chi connectivity index (χ2v) is 8.98. The predicted octanol–water partition coefficient (Wildman–Crippen LogP) is 5.22. The fraction of sp³-hybridized carbons (Fsp3) is 0.250. The molecule has 0 N–H and O–H groups in total. The van der Waals surface area contributed by atoms with Gasteiger partial charge in [-0.15, -0.1) is 0 Å². The summed E-state index contributed by atoms with van der Waals surface area (Å²) < 4.78 is 14.5. The molecule has 0 saturated carbocycles. The lowest BCUT2D eigenvalue weighted by atomic mass is 9.96. The van der Waals surface area contributed by atoms with E-state index in [1.54, 1.807) is 12.1 Å². The van der Waals surface area contributed by atoms with E-state index in [4.69, 9.17) is 0 Å². The molecule has 1 fully saturated rings. The van der Waals surface area contributed by atoms with Crippen molar-refractivity contribution in [2.24, 2.45) is 0 Å². The maximum absolute atomic E-state index is 14.5. The number of para-hydroxylation sites is 1. The van der Waals surface area contributed by atoms with E-state index in [1.165, 1.54) is 27.5 Å². The van der Waals surface area contributed by atoms with Gasteiger partial charge in [0.2, 0.25) is 0 Å².